The molecule has 0 radical (unpaired) electrons. The van der Waals surface area contributed by atoms with Crippen molar-refractivity contribution in [2.45, 2.75) is 13.0 Å². The van der Waals surface area contributed by atoms with Crippen molar-refractivity contribution in [3.8, 4) is 0 Å². The van der Waals surface area contributed by atoms with E-state index < -0.39 is 0 Å². The summed E-state index contributed by atoms with van der Waals surface area (Å²) >= 11 is 6.89. The molecule has 4 nitrogen and oxygen atoms in total. The molecule has 16 heavy (non-hydrogen) atoms. The van der Waals surface area contributed by atoms with Crippen LogP contribution in [0.5, 0.6) is 0 Å². The van der Waals surface area contributed by atoms with Crippen LogP contribution in [0, 0.1) is 0 Å². The van der Waals surface area contributed by atoms with Crippen molar-refractivity contribution < 1.29 is 9.59 Å². The summed E-state index contributed by atoms with van der Waals surface area (Å²) in [5.74, 6) is 0.419. The number of hydrogen-bond acceptors (Lipinski definition) is 4. The lowest BCUT2D eigenvalue weighted by atomic mass is 10.3. The van der Waals surface area contributed by atoms with E-state index in [9.17, 15) is 9.59 Å². The van der Waals surface area contributed by atoms with E-state index >= 15 is 0 Å². The number of hydrogen-bond donors (Lipinski definition) is 0. The number of carbonyl (C=O) groups is 2. The maximum atomic E-state index is 11.5. The van der Waals surface area contributed by atoms with E-state index in [1.165, 1.54) is 4.90 Å². The lowest BCUT2D eigenvalue weighted by molar-refractivity contribution is -0.128. The van der Waals surface area contributed by atoms with Crippen LogP contribution in [-0.2, 0) is 11.3 Å². The SMILES string of the molecule is O=C1CCSC(=O)N1Cc1cccc(Cl)n1. The first-order valence-corrected chi connectivity index (χ1v) is 6.12. The molecule has 2 heterocycles. The highest BCUT2D eigenvalue weighted by atomic mass is 35.5. The van der Waals surface area contributed by atoms with Crippen molar-refractivity contribution >= 4 is 34.5 Å². The number of aromatic nitrogens is 1. The first-order valence-electron chi connectivity index (χ1n) is 4.75. The second-order valence-corrected chi connectivity index (χ2v) is 4.73. The molecule has 1 aliphatic rings. The van der Waals surface area contributed by atoms with E-state index in [0.717, 1.165) is 11.8 Å². The van der Waals surface area contributed by atoms with Gasteiger partial charge in [0, 0.05) is 12.2 Å². The van der Waals surface area contributed by atoms with Gasteiger partial charge in [-0.3, -0.25) is 14.5 Å². The summed E-state index contributed by atoms with van der Waals surface area (Å²) in [5.41, 5.74) is 0.622. The minimum absolute atomic E-state index is 0.148. The molecule has 0 atom stereocenters. The van der Waals surface area contributed by atoms with Crippen molar-refractivity contribution in [1.29, 1.82) is 0 Å². The standard InChI is InChI=1S/C10H9ClN2O2S/c11-8-3-1-2-7(12-8)6-13-9(14)4-5-16-10(13)15/h1-3H,4-6H2. The zero-order valence-electron chi connectivity index (χ0n) is 8.35. The third kappa shape index (κ3) is 2.54. The Hall–Kier alpha value is -1.07. The molecular weight excluding hydrogens is 248 g/mol. The Morgan fingerprint density at radius 3 is 2.94 bits per heavy atom. The van der Waals surface area contributed by atoms with Crippen LogP contribution in [0.4, 0.5) is 4.79 Å². The molecule has 0 spiro atoms. The van der Waals surface area contributed by atoms with Crippen LogP contribution in [0.25, 0.3) is 0 Å². The summed E-state index contributed by atoms with van der Waals surface area (Å²) in [6.07, 6.45) is 0.400. The third-order valence-electron chi connectivity index (χ3n) is 2.16. The van der Waals surface area contributed by atoms with E-state index in [2.05, 4.69) is 4.98 Å². The fraction of sp³-hybridized carbons (Fsp3) is 0.300. The molecule has 0 bridgehead atoms. The highest BCUT2D eigenvalue weighted by Gasteiger charge is 2.26. The predicted octanol–water partition coefficient (Wildman–Crippen LogP) is 2.32. The van der Waals surface area contributed by atoms with Crippen LogP contribution in [0.15, 0.2) is 18.2 Å². The van der Waals surface area contributed by atoms with Gasteiger partial charge in [0.25, 0.3) is 5.24 Å². The van der Waals surface area contributed by atoms with E-state index in [-0.39, 0.29) is 17.7 Å². The van der Waals surface area contributed by atoms with E-state index in [4.69, 9.17) is 11.6 Å². The number of rotatable bonds is 2. The van der Waals surface area contributed by atoms with Crippen molar-refractivity contribution in [3.05, 3.63) is 29.0 Å². The quantitative estimate of drug-likeness (QED) is 0.762. The zero-order chi connectivity index (χ0) is 11.5. The normalized spacial score (nSPS) is 16.7. The Labute approximate surface area is 102 Å². The molecule has 0 aromatic carbocycles. The van der Waals surface area contributed by atoms with Gasteiger partial charge in [-0.2, -0.15) is 0 Å². The van der Waals surface area contributed by atoms with Gasteiger partial charge in [-0.25, -0.2) is 4.98 Å². The Bertz CT molecular complexity index is 423. The Balaban J connectivity index is 2.13. The smallest absolute Gasteiger partial charge is 0.274 e. The number of pyridine rings is 1. The molecule has 6 heteroatoms. The van der Waals surface area contributed by atoms with Gasteiger partial charge in [-0.1, -0.05) is 29.4 Å². The lowest BCUT2D eigenvalue weighted by Crippen LogP contribution is -2.37. The van der Waals surface area contributed by atoms with Gasteiger partial charge in [0.05, 0.1) is 12.2 Å². The third-order valence-corrected chi connectivity index (χ3v) is 3.24. The molecule has 1 fully saturated rings. The number of nitrogens with zero attached hydrogens (tertiary/aromatic N) is 2. The van der Waals surface area contributed by atoms with Crippen molar-refractivity contribution in [3.63, 3.8) is 0 Å². The Morgan fingerprint density at radius 1 is 1.44 bits per heavy atom. The van der Waals surface area contributed by atoms with Gasteiger partial charge >= 0.3 is 0 Å². The number of imide groups is 1. The zero-order valence-corrected chi connectivity index (χ0v) is 9.92. The maximum absolute atomic E-state index is 11.5. The van der Waals surface area contributed by atoms with Gasteiger partial charge in [-0.05, 0) is 12.1 Å². The molecular formula is C10H9ClN2O2S. The predicted molar refractivity (Wildman–Crippen MR) is 62.3 cm³/mol. The fourth-order valence-corrected chi connectivity index (χ4v) is 2.35. The van der Waals surface area contributed by atoms with Crippen LogP contribution in [0.2, 0.25) is 5.15 Å². The second-order valence-electron chi connectivity index (χ2n) is 3.30. The van der Waals surface area contributed by atoms with Crippen LogP contribution in [0.1, 0.15) is 12.1 Å². The van der Waals surface area contributed by atoms with E-state index in [1.54, 1.807) is 18.2 Å². The first-order chi connectivity index (χ1) is 7.66. The molecule has 0 aliphatic carbocycles. The van der Waals surface area contributed by atoms with Gasteiger partial charge in [-0.15, -0.1) is 0 Å². The summed E-state index contributed by atoms with van der Waals surface area (Å²) in [6, 6.07) is 5.14. The van der Waals surface area contributed by atoms with Gasteiger partial charge in [0.2, 0.25) is 5.91 Å². The fourth-order valence-electron chi connectivity index (χ4n) is 1.39. The van der Waals surface area contributed by atoms with Crippen molar-refractivity contribution in [2.24, 2.45) is 0 Å². The molecule has 1 aromatic rings. The van der Waals surface area contributed by atoms with Gasteiger partial charge in [0.15, 0.2) is 0 Å². The molecule has 1 aliphatic heterocycles. The lowest BCUT2D eigenvalue weighted by Gasteiger charge is -2.23. The molecule has 0 N–H and O–H groups in total. The van der Waals surface area contributed by atoms with Crippen molar-refractivity contribution in [1.82, 2.24) is 9.88 Å². The van der Waals surface area contributed by atoms with Gasteiger partial charge in [0.1, 0.15) is 5.15 Å². The number of amides is 2. The minimum atomic E-state index is -0.210. The maximum Gasteiger partial charge on any atom is 0.288 e. The molecule has 84 valence electrons. The summed E-state index contributed by atoms with van der Waals surface area (Å²) in [7, 11) is 0. The van der Waals surface area contributed by atoms with Crippen LogP contribution in [-0.4, -0.2) is 26.8 Å². The molecule has 0 unspecified atom stereocenters. The van der Waals surface area contributed by atoms with Gasteiger partial charge < -0.3 is 0 Å². The Kier molecular flexibility index (Phi) is 3.46. The molecule has 2 rings (SSSR count). The van der Waals surface area contributed by atoms with E-state index in [1.807, 2.05) is 0 Å². The molecule has 1 saturated heterocycles. The number of thioether (sulfide) groups is 1. The van der Waals surface area contributed by atoms with Crippen LogP contribution in [0.3, 0.4) is 0 Å². The largest absolute Gasteiger partial charge is 0.288 e. The molecule has 2 amide bonds. The number of halogens is 1. The van der Waals surface area contributed by atoms with Crippen LogP contribution >= 0.6 is 23.4 Å². The summed E-state index contributed by atoms with van der Waals surface area (Å²) in [5, 5.41) is 0.153. The van der Waals surface area contributed by atoms with Crippen LogP contribution < -0.4 is 0 Å². The highest BCUT2D eigenvalue weighted by Crippen LogP contribution is 2.20. The van der Waals surface area contributed by atoms with Crippen molar-refractivity contribution in [2.75, 3.05) is 5.75 Å². The minimum Gasteiger partial charge on any atom is -0.274 e. The average molecular weight is 257 g/mol. The topological polar surface area (TPSA) is 50.3 Å². The summed E-state index contributed by atoms with van der Waals surface area (Å²) in [4.78, 5) is 28.3. The highest BCUT2D eigenvalue weighted by molar-refractivity contribution is 8.13. The average Bonchev–Trinajstić information content (AvgIpc) is 2.24. The Morgan fingerprint density at radius 2 is 2.25 bits per heavy atom. The summed E-state index contributed by atoms with van der Waals surface area (Å²) < 4.78 is 0. The summed E-state index contributed by atoms with van der Waals surface area (Å²) in [6.45, 7) is 0.200. The second kappa shape index (κ2) is 4.84. The van der Waals surface area contributed by atoms with E-state index in [0.29, 0.717) is 23.0 Å². The molecule has 1 aromatic heterocycles. The number of carbonyl (C=O) groups excluding carboxylic acids is 2. The monoisotopic (exact) mass is 256 g/mol. The molecule has 0 saturated carbocycles. The first kappa shape index (κ1) is 11.4.